The summed E-state index contributed by atoms with van der Waals surface area (Å²) in [6.07, 6.45) is -2.19. The molecule has 1 fully saturated rings. The van der Waals surface area contributed by atoms with Crippen LogP contribution in [0.2, 0.25) is 0 Å². The fraction of sp³-hybridized carbons (Fsp3) is 0.381. The number of amides is 4. The molecule has 0 spiro atoms. The Kier molecular flexibility index (Phi) is 17.1. The predicted molar refractivity (Wildman–Crippen MR) is 238 cm³/mol. The number of halogens is 4. The number of nitrogens with zero attached hydrogens (tertiary/aromatic N) is 5. The van der Waals surface area contributed by atoms with Crippen molar-refractivity contribution in [3.05, 3.63) is 104 Å². The zero-order valence-electron chi connectivity index (χ0n) is 35.0. The number of aliphatic imine (C=N–C) groups is 1. The van der Waals surface area contributed by atoms with E-state index in [1.165, 1.54) is 18.0 Å². The predicted octanol–water partition coefficient (Wildman–Crippen LogP) is 7.04. The minimum absolute atomic E-state index is 0.0779. The van der Waals surface area contributed by atoms with E-state index in [-0.39, 0.29) is 56.8 Å². The number of rotatable bonds is 19. The van der Waals surface area contributed by atoms with Gasteiger partial charge in [-0.3, -0.25) is 35.0 Å². The fourth-order valence-electron chi connectivity index (χ4n) is 6.27. The first kappa shape index (κ1) is 48.6. The highest BCUT2D eigenvalue weighted by molar-refractivity contribution is 9.10. The van der Waals surface area contributed by atoms with Crippen molar-refractivity contribution in [1.29, 1.82) is 0 Å². The summed E-state index contributed by atoms with van der Waals surface area (Å²) in [5.41, 5.74) is -0.0427. The molecule has 0 saturated carbocycles. The summed E-state index contributed by atoms with van der Waals surface area (Å²) < 4.78 is 69.8. The lowest BCUT2D eigenvalue weighted by Crippen LogP contribution is -2.47. The van der Waals surface area contributed by atoms with Gasteiger partial charge in [-0.25, -0.2) is 9.78 Å². The normalized spacial score (nSPS) is 16.1. The van der Waals surface area contributed by atoms with E-state index in [9.17, 15) is 37.7 Å². The van der Waals surface area contributed by atoms with Crippen LogP contribution in [0.1, 0.15) is 28.8 Å². The Hall–Kier alpha value is -5.88. The molecule has 3 aromatic carbocycles. The number of thioether (sulfide) groups is 1. The SMILES string of the molecule is Cc1cnc(NC(=O)Nc2cc(Br)c(C)cc2OC[C@@H]2CN(C(=O)CCOCCOCCOc3ccc(C4=NC(C(=O)Nc5ccc([N+](=O)[O-])c(C(F)(F)F)c5)CS4)cc3)CCO2)cn1. The lowest BCUT2D eigenvalue weighted by Gasteiger charge is -2.33. The molecular weight excluding hydrogens is 945 g/mol. The Morgan fingerprint density at radius 1 is 0.954 bits per heavy atom. The van der Waals surface area contributed by atoms with Gasteiger partial charge in [0, 0.05) is 34.1 Å². The molecule has 4 amide bonds. The molecule has 346 valence electrons. The van der Waals surface area contributed by atoms with Crippen molar-refractivity contribution in [3.63, 3.8) is 0 Å². The first-order valence-corrected chi connectivity index (χ1v) is 21.9. The van der Waals surface area contributed by atoms with Crippen LogP contribution >= 0.6 is 27.7 Å². The number of nitro benzene ring substituents is 1. The minimum atomic E-state index is -4.98. The smallest absolute Gasteiger partial charge is 0.423 e. The average molecular weight is 990 g/mol. The molecule has 2 atom stereocenters. The van der Waals surface area contributed by atoms with E-state index in [1.54, 1.807) is 54.4 Å². The number of aryl methyl sites for hydroxylation is 2. The molecule has 3 heterocycles. The average Bonchev–Trinajstić information content (AvgIpc) is 3.78. The van der Waals surface area contributed by atoms with Gasteiger partial charge < -0.3 is 39.2 Å². The van der Waals surface area contributed by atoms with Gasteiger partial charge >= 0.3 is 12.2 Å². The van der Waals surface area contributed by atoms with Gasteiger partial charge in [0.15, 0.2) is 5.82 Å². The van der Waals surface area contributed by atoms with Crippen molar-refractivity contribution in [2.45, 2.75) is 38.6 Å². The summed E-state index contributed by atoms with van der Waals surface area (Å²) in [5, 5.41) is 19.4. The molecule has 2 aliphatic rings. The molecule has 0 aliphatic carbocycles. The van der Waals surface area contributed by atoms with Gasteiger partial charge in [0.05, 0.1) is 79.7 Å². The Bertz CT molecular complexity index is 2360. The molecular formula is C42H44BrF3N8O10S. The molecule has 0 bridgehead atoms. The maximum absolute atomic E-state index is 13.4. The highest BCUT2D eigenvalue weighted by Crippen LogP contribution is 2.38. The maximum Gasteiger partial charge on any atom is 0.423 e. The van der Waals surface area contributed by atoms with Crippen molar-refractivity contribution in [3.8, 4) is 11.5 Å². The number of aromatic nitrogens is 2. The second kappa shape index (κ2) is 22.8. The first-order chi connectivity index (χ1) is 31.1. The number of anilines is 3. The number of morpholine rings is 1. The number of urea groups is 1. The molecule has 0 radical (unpaired) electrons. The van der Waals surface area contributed by atoms with E-state index < -0.39 is 46.4 Å². The molecule has 4 aromatic rings. The number of alkyl halides is 3. The highest BCUT2D eigenvalue weighted by atomic mass is 79.9. The zero-order chi connectivity index (χ0) is 46.5. The Labute approximate surface area is 383 Å². The summed E-state index contributed by atoms with van der Waals surface area (Å²) in [6.45, 7) is 6.28. The van der Waals surface area contributed by atoms with Crippen molar-refractivity contribution < 1.29 is 56.2 Å². The van der Waals surface area contributed by atoms with Crippen LogP contribution in [-0.4, -0.2) is 120 Å². The number of hydrogen-bond acceptors (Lipinski definition) is 14. The van der Waals surface area contributed by atoms with E-state index in [0.29, 0.717) is 66.5 Å². The Morgan fingerprint density at radius 2 is 1.71 bits per heavy atom. The topological polar surface area (TPSA) is 218 Å². The molecule has 1 unspecified atom stereocenters. The molecule has 1 saturated heterocycles. The molecule has 3 N–H and O–H groups in total. The van der Waals surface area contributed by atoms with Crippen molar-refractivity contribution in [2.75, 3.05) is 81.0 Å². The second-order valence-corrected chi connectivity index (χ2v) is 16.3. The van der Waals surface area contributed by atoms with Crippen LogP contribution in [0, 0.1) is 24.0 Å². The lowest BCUT2D eigenvalue weighted by molar-refractivity contribution is -0.388. The number of carbonyl (C=O) groups is 3. The van der Waals surface area contributed by atoms with Crippen LogP contribution in [0.5, 0.6) is 11.5 Å². The number of nitrogens with one attached hydrogen (secondary N) is 3. The van der Waals surface area contributed by atoms with E-state index >= 15 is 0 Å². The first-order valence-electron chi connectivity index (χ1n) is 20.1. The number of carbonyl (C=O) groups excluding carboxylic acids is 3. The fourth-order valence-corrected chi connectivity index (χ4v) is 7.66. The van der Waals surface area contributed by atoms with Crippen LogP contribution in [0.25, 0.3) is 0 Å². The van der Waals surface area contributed by atoms with Crippen molar-refractivity contribution in [1.82, 2.24) is 14.9 Å². The third kappa shape index (κ3) is 14.3. The van der Waals surface area contributed by atoms with E-state index in [4.69, 9.17) is 23.7 Å². The third-order valence-electron chi connectivity index (χ3n) is 9.60. The van der Waals surface area contributed by atoms with E-state index in [2.05, 4.69) is 46.8 Å². The van der Waals surface area contributed by atoms with Gasteiger partial charge in [0.25, 0.3) is 5.69 Å². The monoisotopic (exact) mass is 988 g/mol. The number of hydrogen-bond donors (Lipinski definition) is 3. The molecule has 18 nitrogen and oxygen atoms in total. The summed E-state index contributed by atoms with van der Waals surface area (Å²) in [4.78, 5) is 62.8. The quantitative estimate of drug-likeness (QED) is 0.0489. The van der Waals surface area contributed by atoms with Crippen molar-refractivity contribution >= 4 is 73.5 Å². The Balaban J connectivity index is 0.839. The largest absolute Gasteiger partial charge is 0.491 e. The van der Waals surface area contributed by atoms with Gasteiger partial charge in [-0.1, -0.05) is 15.9 Å². The third-order valence-corrected chi connectivity index (χ3v) is 11.5. The van der Waals surface area contributed by atoms with Gasteiger partial charge in [0.1, 0.15) is 42.4 Å². The van der Waals surface area contributed by atoms with E-state index in [0.717, 1.165) is 27.4 Å². The highest BCUT2D eigenvalue weighted by Gasteiger charge is 2.39. The van der Waals surface area contributed by atoms with Crippen LogP contribution in [0.15, 0.2) is 76.5 Å². The number of ether oxygens (including phenoxy) is 5. The van der Waals surface area contributed by atoms with Crippen LogP contribution in [-0.2, 0) is 30.0 Å². The van der Waals surface area contributed by atoms with Gasteiger partial charge in [-0.05, 0) is 67.9 Å². The van der Waals surface area contributed by atoms with Crippen LogP contribution in [0.3, 0.4) is 0 Å². The van der Waals surface area contributed by atoms with Gasteiger partial charge in [-0.2, -0.15) is 13.2 Å². The van der Waals surface area contributed by atoms with E-state index in [1.807, 2.05) is 6.92 Å². The minimum Gasteiger partial charge on any atom is -0.491 e. The van der Waals surface area contributed by atoms with Crippen LogP contribution < -0.4 is 25.4 Å². The van der Waals surface area contributed by atoms with Crippen LogP contribution in [0.4, 0.5) is 40.8 Å². The Morgan fingerprint density at radius 3 is 2.43 bits per heavy atom. The molecule has 65 heavy (non-hydrogen) atoms. The summed E-state index contributed by atoms with van der Waals surface area (Å²) in [5.74, 6) is 0.830. The molecule has 2 aliphatic heterocycles. The van der Waals surface area contributed by atoms with Gasteiger partial charge in [-0.15, -0.1) is 11.8 Å². The van der Waals surface area contributed by atoms with Crippen molar-refractivity contribution in [2.24, 2.45) is 4.99 Å². The molecule has 6 rings (SSSR count). The zero-order valence-corrected chi connectivity index (χ0v) is 37.4. The second-order valence-electron chi connectivity index (χ2n) is 14.4. The standard InChI is InChI=1S/C42H44BrF3N8O10S/c1-25-17-36(33(19-32(25)43)51-41(57)52-37-21-47-26(2)20-48-37)64-23-30-22-53(10-12-62-30)38(55)9-11-60-13-14-61-15-16-63-29-6-3-27(4-7-29)40-50-34(24-65-40)39(56)49-28-5-8-35(54(58)59)31(18-28)42(44,45)46/h3-8,17-21,30,34H,9-16,22-24H2,1-2H3,(H,49,56)(H2,48,51,52,57)/t30-,34?/m0/s1. The lowest BCUT2D eigenvalue weighted by atomic mass is 10.1. The summed E-state index contributed by atoms with van der Waals surface area (Å²) in [6, 6.07) is 11.4. The summed E-state index contributed by atoms with van der Waals surface area (Å²) >= 11 is 4.81. The number of benzene rings is 3. The van der Waals surface area contributed by atoms with Gasteiger partial charge in [0.2, 0.25) is 11.8 Å². The number of nitro groups is 1. The maximum atomic E-state index is 13.4. The molecule has 23 heteroatoms. The molecule has 1 aromatic heterocycles. The summed E-state index contributed by atoms with van der Waals surface area (Å²) in [7, 11) is 0.